The largest absolute Gasteiger partial charge is 0.461 e. The van der Waals surface area contributed by atoms with Crippen LogP contribution in [0.5, 0.6) is 0 Å². The Labute approximate surface area is 98.7 Å². The van der Waals surface area contributed by atoms with Crippen molar-refractivity contribution in [2.45, 2.75) is 59.5 Å². The quantitative estimate of drug-likeness (QED) is 0.687. The summed E-state index contributed by atoms with van der Waals surface area (Å²) in [5.74, 6) is 2.04. The third-order valence-corrected chi connectivity index (χ3v) is 4.92. The second-order valence-electron chi connectivity index (χ2n) is 6.30. The van der Waals surface area contributed by atoms with E-state index in [0.717, 1.165) is 12.3 Å². The molecule has 0 aliphatic heterocycles. The Hall–Kier alpha value is -0.530. The van der Waals surface area contributed by atoms with Crippen molar-refractivity contribution in [1.82, 2.24) is 0 Å². The summed E-state index contributed by atoms with van der Waals surface area (Å²) in [6.07, 6.45) is 4.94. The predicted molar refractivity (Wildman–Crippen MR) is 63.9 cm³/mol. The molecule has 0 amide bonds. The van der Waals surface area contributed by atoms with Crippen LogP contribution in [0.25, 0.3) is 0 Å². The first-order chi connectivity index (χ1) is 7.45. The molecule has 0 aromatic heterocycles. The zero-order chi connectivity index (χ0) is 11.9. The van der Waals surface area contributed by atoms with Crippen molar-refractivity contribution in [3.63, 3.8) is 0 Å². The van der Waals surface area contributed by atoms with Crippen molar-refractivity contribution in [3.05, 3.63) is 0 Å². The molecule has 2 saturated carbocycles. The van der Waals surface area contributed by atoms with Gasteiger partial charge in [0.1, 0.15) is 6.10 Å². The van der Waals surface area contributed by atoms with E-state index >= 15 is 0 Å². The van der Waals surface area contributed by atoms with Crippen LogP contribution in [-0.2, 0) is 9.53 Å². The number of hydrogen-bond donors (Lipinski definition) is 0. The molecule has 0 heterocycles. The lowest BCUT2D eigenvalue weighted by atomic mass is 9.86. The molecule has 2 rings (SSSR count). The van der Waals surface area contributed by atoms with Gasteiger partial charge in [0.25, 0.3) is 0 Å². The molecule has 0 radical (unpaired) electrons. The maximum absolute atomic E-state index is 12.1. The van der Waals surface area contributed by atoms with E-state index < -0.39 is 0 Å². The molecule has 2 heteroatoms. The molecule has 0 aromatic carbocycles. The Bertz CT molecular complexity index is 280. The van der Waals surface area contributed by atoms with Crippen molar-refractivity contribution >= 4 is 5.97 Å². The molecular formula is C14H24O2. The lowest BCUT2D eigenvalue weighted by molar-refractivity contribution is -0.165. The lowest BCUT2D eigenvalue weighted by Crippen LogP contribution is -2.36. The lowest BCUT2D eigenvalue weighted by Gasteiger charge is -2.31. The van der Waals surface area contributed by atoms with Crippen LogP contribution in [0.3, 0.4) is 0 Å². The Morgan fingerprint density at radius 1 is 1.31 bits per heavy atom. The van der Waals surface area contributed by atoms with Crippen molar-refractivity contribution < 1.29 is 9.53 Å². The van der Waals surface area contributed by atoms with Gasteiger partial charge in [-0.2, -0.15) is 0 Å². The summed E-state index contributed by atoms with van der Waals surface area (Å²) < 4.78 is 5.77. The van der Waals surface area contributed by atoms with Gasteiger partial charge < -0.3 is 4.74 Å². The first-order valence-electron chi connectivity index (χ1n) is 6.66. The van der Waals surface area contributed by atoms with E-state index in [1.54, 1.807) is 0 Å². The van der Waals surface area contributed by atoms with Gasteiger partial charge in [-0.15, -0.1) is 0 Å². The number of hydrogen-bond acceptors (Lipinski definition) is 2. The fourth-order valence-corrected chi connectivity index (χ4v) is 3.16. The summed E-state index contributed by atoms with van der Waals surface area (Å²) in [6, 6.07) is 0. The molecule has 2 aliphatic carbocycles. The third-order valence-electron chi connectivity index (χ3n) is 4.92. The van der Waals surface area contributed by atoms with Crippen LogP contribution in [0.4, 0.5) is 0 Å². The SMILES string of the molecule is CCC(C)(C)C(=O)OC1C2CCC(C2)C1C. The van der Waals surface area contributed by atoms with Gasteiger partial charge in [-0.05, 0) is 57.3 Å². The minimum atomic E-state index is -0.318. The van der Waals surface area contributed by atoms with Gasteiger partial charge >= 0.3 is 5.97 Å². The summed E-state index contributed by atoms with van der Waals surface area (Å²) >= 11 is 0. The molecule has 2 bridgehead atoms. The number of fused-ring (bicyclic) bond motifs is 2. The zero-order valence-electron chi connectivity index (χ0n) is 11.0. The normalized spacial score (nSPS) is 37.8. The summed E-state index contributed by atoms with van der Waals surface area (Å²) in [4.78, 5) is 12.1. The Balaban J connectivity index is 1.98. The maximum Gasteiger partial charge on any atom is 0.311 e. The molecule has 4 atom stereocenters. The average molecular weight is 224 g/mol. The van der Waals surface area contributed by atoms with E-state index in [-0.39, 0.29) is 17.5 Å². The number of ether oxygens (including phenoxy) is 1. The number of esters is 1. The van der Waals surface area contributed by atoms with Gasteiger partial charge in [-0.25, -0.2) is 0 Å². The summed E-state index contributed by atoms with van der Waals surface area (Å²) in [6.45, 7) is 8.26. The highest BCUT2D eigenvalue weighted by Gasteiger charge is 2.48. The van der Waals surface area contributed by atoms with Crippen LogP contribution >= 0.6 is 0 Å². The minimum absolute atomic E-state index is 0.000556. The minimum Gasteiger partial charge on any atom is -0.461 e. The van der Waals surface area contributed by atoms with E-state index in [9.17, 15) is 4.79 Å². The predicted octanol–water partition coefficient (Wildman–Crippen LogP) is 3.40. The zero-order valence-corrected chi connectivity index (χ0v) is 11.0. The van der Waals surface area contributed by atoms with Crippen LogP contribution in [0.15, 0.2) is 0 Å². The summed E-state index contributed by atoms with van der Waals surface area (Å²) in [5.41, 5.74) is -0.318. The second kappa shape index (κ2) is 4.05. The van der Waals surface area contributed by atoms with Crippen LogP contribution in [0, 0.1) is 23.2 Å². The molecule has 2 nitrogen and oxygen atoms in total. The van der Waals surface area contributed by atoms with Crippen LogP contribution in [0.1, 0.15) is 53.4 Å². The molecular weight excluding hydrogens is 200 g/mol. The molecule has 0 saturated heterocycles. The highest BCUT2D eigenvalue weighted by molar-refractivity contribution is 5.76. The van der Waals surface area contributed by atoms with Gasteiger partial charge in [-0.3, -0.25) is 4.79 Å². The highest BCUT2D eigenvalue weighted by atomic mass is 16.5. The molecule has 0 aromatic rings. The van der Waals surface area contributed by atoms with Gasteiger partial charge in [-0.1, -0.05) is 13.8 Å². The molecule has 4 unspecified atom stereocenters. The van der Waals surface area contributed by atoms with Gasteiger partial charge in [0.15, 0.2) is 0 Å². The van der Waals surface area contributed by atoms with E-state index in [4.69, 9.17) is 4.74 Å². The number of carbonyl (C=O) groups excluding carboxylic acids is 1. The molecule has 16 heavy (non-hydrogen) atoms. The number of carbonyl (C=O) groups is 1. The topological polar surface area (TPSA) is 26.3 Å². The van der Waals surface area contributed by atoms with Crippen LogP contribution < -0.4 is 0 Å². The number of rotatable bonds is 3. The van der Waals surface area contributed by atoms with E-state index in [0.29, 0.717) is 11.8 Å². The van der Waals surface area contributed by atoms with Crippen molar-refractivity contribution in [2.75, 3.05) is 0 Å². The fraction of sp³-hybridized carbons (Fsp3) is 0.929. The smallest absolute Gasteiger partial charge is 0.311 e. The van der Waals surface area contributed by atoms with E-state index in [1.165, 1.54) is 19.3 Å². The molecule has 2 fully saturated rings. The van der Waals surface area contributed by atoms with Crippen molar-refractivity contribution in [1.29, 1.82) is 0 Å². The Morgan fingerprint density at radius 2 is 1.94 bits per heavy atom. The van der Waals surface area contributed by atoms with Gasteiger partial charge in [0, 0.05) is 0 Å². The third kappa shape index (κ3) is 1.87. The maximum atomic E-state index is 12.1. The van der Waals surface area contributed by atoms with E-state index in [1.807, 2.05) is 20.8 Å². The summed E-state index contributed by atoms with van der Waals surface area (Å²) in [5, 5.41) is 0. The molecule has 0 spiro atoms. The van der Waals surface area contributed by atoms with Gasteiger partial charge in [0.2, 0.25) is 0 Å². The molecule has 2 aliphatic rings. The monoisotopic (exact) mass is 224 g/mol. The van der Waals surface area contributed by atoms with Crippen molar-refractivity contribution in [3.8, 4) is 0 Å². The standard InChI is InChI=1S/C14H24O2/c1-5-14(3,4)13(15)16-12-9(2)10-6-7-11(12)8-10/h9-12H,5-8H2,1-4H3. The Morgan fingerprint density at radius 3 is 2.44 bits per heavy atom. The average Bonchev–Trinajstić information content (AvgIpc) is 2.82. The fourth-order valence-electron chi connectivity index (χ4n) is 3.16. The molecule has 92 valence electrons. The molecule has 0 N–H and O–H groups in total. The second-order valence-corrected chi connectivity index (χ2v) is 6.30. The summed E-state index contributed by atoms with van der Waals surface area (Å²) in [7, 11) is 0. The van der Waals surface area contributed by atoms with Crippen LogP contribution in [0.2, 0.25) is 0 Å². The van der Waals surface area contributed by atoms with Crippen LogP contribution in [-0.4, -0.2) is 12.1 Å². The van der Waals surface area contributed by atoms with Crippen molar-refractivity contribution in [2.24, 2.45) is 23.2 Å². The Kier molecular flexibility index (Phi) is 3.02. The van der Waals surface area contributed by atoms with Gasteiger partial charge in [0.05, 0.1) is 5.41 Å². The first-order valence-corrected chi connectivity index (χ1v) is 6.66. The first kappa shape index (κ1) is 11.9. The van der Waals surface area contributed by atoms with E-state index in [2.05, 4.69) is 6.92 Å². The highest BCUT2D eigenvalue weighted by Crippen LogP contribution is 2.50.